The van der Waals surface area contributed by atoms with Crippen LogP contribution < -0.4 is 5.43 Å². The van der Waals surface area contributed by atoms with E-state index in [9.17, 15) is 14.0 Å². The second-order valence-electron chi connectivity index (χ2n) is 5.21. The molecule has 1 N–H and O–H groups in total. The van der Waals surface area contributed by atoms with Crippen LogP contribution in [0.1, 0.15) is 25.8 Å². The van der Waals surface area contributed by atoms with Crippen LogP contribution in [-0.2, 0) is 14.3 Å². The van der Waals surface area contributed by atoms with Crippen molar-refractivity contribution in [3.8, 4) is 0 Å². The predicted octanol–water partition coefficient (Wildman–Crippen LogP) is 2.28. The molecule has 2 rings (SSSR count). The summed E-state index contributed by atoms with van der Waals surface area (Å²) in [7, 11) is 0. The van der Waals surface area contributed by atoms with Gasteiger partial charge >= 0.3 is 5.97 Å². The molecule has 1 aliphatic rings. The quantitative estimate of drug-likeness (QED) is 0.868. The molecule has 1 aromatic carbocycles. The molecule has 5 nitrogen and oxygen atoms in total. The summed E-state index contributed by atoms with van der Waals surface area (Å²) in [4.78, 5) is 23.6. The molecule has 116 valence electrons. The summed E-state index contributed by atoms with van der Waals surface area (Å²) in [5, 5.41) is 3.74. The van der Waals surface area contributed by atoms with Gasteiger partial charge in [-0.25, -0.2) is 14.6 Å². The average molecular weight is 304 g/mol. The number of hydrazone groups is 1. The van der Waals surface area contributed by atoms with Gasteiger partial charge in [0.2, 0.25) is 5.91 Å². The molecule has 22 heavy (non-hydrogen) atoms. The summed E-state index contributed by atoms with van der Waals surface area (Å²) in [5.74, 6) is -1.66. The van der Waals surface area contributed by atoms with Gasteiger partial charge in [0.25, 0.3) is 0 Å². The Morgan fingerprint density at radius 2 is 2.09 bits per heavy atom. The van der Waals surface area contributed by atoms with E-state index in [2.05, 4.69) is 10.5 Å². The van der Waals surface area contributed by atoms with Crippen molar-refractivity contribution < 1.29 is 18.7 Å². The number of ether oxygens (including phenoxy) is 1. The van der Waals surface area contributed by atoms with Crippen LogP contribution in [0.5, 0.6) is 0 Å². The predicted molar refractivity (Wildman–Crippen MR) is 80.3 cm³/mol. The van der Waals surface area contributed by atoms with E-state index in [1.807, 2.05) is 0 Å². The summed E-state index contributed by atoms with van der Waals surface area (Å²) in [6.07, 6.45) is 3.30. The van der Waals surface area contributed by atoms with Gasteiger partial charge in [-0.05, 0) is 31.5 Å². The minimum atomic E-state index is -0.532. The number of hydrogen-bond acceptors (Lipinski definition) is 4. The zero-order chi connectivity index (χ0) is 16.1. The molecule has 1 aliphatic heterocycles. The zero-order valence-electron chi connectivity index (χ0n) is 12.4. The normalized spacial score (nSPS) is 18.3. The first-order valence-corrected chi connectivity index (χ1v) is 6.97. The number of nitrogens with zero attached hydrogens (tertiary/aromatic N) is 1. The standard InChI is InChI=1S/C16H17FN2O3/c1-10(2)22-16(21)14-9-12(15(20)19-18-14)6-3-11-4-7-13(17)8-5-11/h3-8,10,12H,9H2,1-2H3,(H,19,20)/b6-3+. The Bertz CT molecular complexity index is 621. The second kappa shape index (κ2) is 6.98. The van der Waals surface area contributed by atoms with Gasteiger partial charge in [-0.1, -0.05) is 24.3 Å². The van der Waals surface area contributed by atoms with E-state index < -0.39 is 11.9 Å². The molecule has 0 spiro atoms. The minimum Gasteiger partial charge on any atom is -0.458 e. The topological polar surface area (TPSA) is 67.8 Å². The number of nitrogens with one attached hydrogen (secondary N) is 1. The lowest BCUT2D eigenvalue weighted by molar-refractivity contribution is -0.139. The molecule has 0 radical (unpaired) electrons. The van der Waals surface area contributed by atoms with Crippen molar-refractivity contribution >= 4 is 23.7 Å². The van der Waals surface area contributed by atoms with Gasteiger partial charge in [-0.15, -0.1) is 0 Å². The number of hydrogen-bond donors (Lipinski definition) is 1. The van der Waals surface area contributed by atoms with E-state index in [1.165, 1.54) is 12.1 Å². The highest BCUT2D eigenvalue weighted by Gasteiger charge is 2.27. The van der Waals surface area contributed by atoms with Crippen LogP contribution >= 0.6 is 0 Å². The Hall–Kier alpha value is -2.50. The number of carbonyl (C=O) groups is 2. The van der Waals surface area contributed by atoms with Crippen LogP contribution in [0, 0.1) is 11.7 Å². The third-order valence-electron chi connectivity index (χ3n) is 3.02. The SMILES string of the molecule is CC(C)OC(=O)C1=NNC(=O)C(/C=C/c2ccc(F)cc2)C1. The summed E-state index contributed by atoms with van der Waals surface area (Å²) < 4.78 is 17.9. The highest BCUT2D eigenvalue weighted by molar-refractivity contribution is 6.37. The Kier molecular flexibility index (Phi) is 5.04. The van der Waals surface area contributed by atoms with Crippen LogP contribution in [0.4, 0.5) is 4.39 Å². The molecule has 1 atom stereocenters. The van der Waals surface area contributed by atoms with E-state index in [0.717, 1.165) is 5.56 Å². The van der Waals surface area contributed by atoms with Gasteiger partial charge in [0.1, 0.15) is 11.5 Å². The van der Waals surface area contributed by atoms with Crippen molar-refractivity contribution in [1.29, 1.82) is 0 Å². The van der Waals surface area contributed by atoms with E-state index in [-0.39, 0.29) is 30.0 Å². The van der Waals surface area contributed by atoms with Crippen LogP contribution in [0.2, 0.25) is 0 Å². The summed E-state index contributed by atoms with van der Waals surface area (Å²) >= 11 is 0. The van der Waals surface area contributed by atoms with E-state index >= 15 is 0 Å². The maximum absolute atomic E-state index is 12.8. The van der Waals surface area contributed by atoms with Crippen LogP contribution in [-0.4, -0.2) is 23.7 Å². The molecule has 1 aromatic rings. The molecule has 0 aliphatic carbocycles. The van der Waals surface area contributed by atoms with Crippen molar-refractivity contribution in [3.05, 3.63) is 41.7 Å². The Morgan fingerprint density at radius 3 is 2.73 bits per heavy atom. The Balaban J connectivity index is 2.05. The lowest BCUT2D eigenvalue weighted by Crippen LogP contribution is -2.37. The first-order chi connectivity index (χ1) is 10.5. The lowest BCUT2D eigenvalue weighted by atomic mass is 9.98. The molecule has 1 heterocycles. The molecule has 0 aromatic heterocycles. The van der Waals surface area contributed by atoms with Gasteiger partial charge < -0.3 is 4.74 Å². The number of halogens is 1. The average Bonchev–Trinajstić information content (AvgIpc) is 2.47. The van der Waals surface area contributed by atoms with Crippen molar-refractivity contribution in [1.82, 2.24) is 5.43 Å². The fraction of sp³-hybridized carbons (Fsp3) is 0.312. The van der Waals surface area contributed by atoms with Gasteiger partial charge in [-0.2, -0.15) is 5.10 Å². The van der Waals surface area contributed by atoms with Crippen molar-refractivity contribution in [3.63, 3.8) is 0 Å². The molecule has 0 fully saturated rings. The molecule has 0 saturated carbocycles. The highest BCUT2D eigenvalue weighted by Crippen LogP contribution is 2.15. The van der Waals surface area contributed by atoms with Gasteiger partial charge in [-0.3, -0.25) is 4.79 Å². The smallest absolute Gasteiger partial charge is 0.354 e. The second-order valence-corrected chi connectivity index (χ2v) is 5.21. The largest absolute Gasteiger partial charge is 0.458 e. The van der Waals surface area contributed by atoms with Crippen LogP contribution in [0.25, 0.3) is 6.08 Å². The molecule has 0 saturated heterocycles. The fourth-order valence-electron chi connectivity index (χ4n) is 1.92. The third kappa shape index (κ3) is 4.25. The first-order valence-electron chi connectivity index (χ1n) is 6.97. The van der Waals surface area contributed by atoms with Gasteiger partial charge in [0.15, 0.2) is 0 Å². The minimum absolute atomic E-state index is 0.176. The maximum Gasteiger partial charge on any atom is 0.354 e. The van der Waals surface area contributed by atoms with Gasteiger partial charge in [0.05, 0.1) is 12.0 Å². The highest BCUT2D eigenvalue weighted by atomic mass is 19.1. The number of amides is 1. The molecular formula is C16H17FN2O3. The number of benzene rings is 1. The molecule has 0 bridgehead atoms. The number of rotatable bonds is 4. The van der Waals surface area contributed by atoms with Crippen LogP contribution in [0.15, 0.2) is 35.4 Å². The van der Waals surface area contributed by atoms with E-state index in [1.54, 1.807) is 38.1 Å². The van der Waals surface area contributed by atoms with Crippen molar-refractivity contribution in [2.45, 2.75) is 26.4 Å². The number of carbonyl (C=O) groups excluding carboxylic acids is 2. The summed E-state index contributed by atoms with van der Waals surface area (Å²) in [5.41, 5.74) is 3.27. The zero-order valence-corrected chi connectivity index (χ0v) is 12.4. The first kappa shape index (κ1) is 15.9. The third-order valence-corrected chi connectivity index (χ3v) is 3.02. The fourth-order valence-corrected chi connectivity index (χ4v) is 1.92. The van der Waals surface area contributed by atoms with E-state index in [0.29, 0.717) is 0 Å². The Labute approximate surface area is 127 Å². The van der Waals surface area contributed by atoms with Gasteiger partial charge in [0, 0.05) is 6.42 Å². The molecular weight excluding hydrogens is 287 g/mol. The maximum atomic E-state index is 12.8. The monoisotopic (exact) mass is 304 g/mol. The summed E-state index contributed by atoms with van der Waals surface area (Å²) in [6.45, 7) is 3.48. The van der Waals surface area contributed by atoms with E-state index in [4.69, 9.17) is 4.74 Å². The summed E-state index contributed by atoms with van der Waals surface area (Å²) in [6, 6.07) is 5.89. The van der Waals surface area contributed by atoms with Crippen molar-refractivity contribution in [2.75, 3.05) is 0 Å². The van der Waals surface area contributed by atoms with Crippen molar-refractivity contribution in [2.24, 2.45) is 11.0 Å². The molecule has 6 heteroatoms. The molecule has 1 amide bonds. The van der Waals surface area contributed by atoms with Crippen LogP contribution in [0.3, 0.4) is 0 Å². The lowest BCUT2D eigenvalue weighted by Gasteiger charge is -2.18. The number of esters is 1. The Morgan fingerprint density at radius 1 is 1.41 bits per heavy atom. The molecule has 1 unspecified atom stereocenters.